The third kappa shape index (κ3) is 2.54. The van der Waals surface area contributed by atoms with Gasteiger partial charge in [0.2, 0.25) is 0 Å². The van der Waals surface area contributed by atoms with Crippen LogP contribution in [0.15, 0.2) is 12.2 Å². The van der Waals surface area contributed by atoms with Crippen LogP contribution in [-0.2, 0) is 9.59 Å². The highest BCUT2D eigenvalue weighted by molar-refractivity contribution is 5.75. The normalized spacial score (nSPS) is 36.2. The van der Waals surface area contributed by atoms with Gasteiger partial charge in [-0.05, 0) is 19.4 Å². The predicted molar refractivity (Wildman–Crippen MR) is 64.2 cm³/mol. The van der Waals surface area contributed by atoms with E-state index in [2.05, 4.69) is 10.6 Å². The second kappa shape index (κ2) is 5.49. The smallest absolute Gasteiger partial charge is 0.312 e. The molecule has 6 nitrogen and oxygen atoms in total. The minimum absolute atomic E-state index is 0.331. The Labute approximate surface area is 105 Å². The molecule has 4 N–H and O–H groups in total. The highest BCUT2D eigenvalue weighted by Crippen LogP contribution is 2.25. The van der Waals surface area contributed by atoms with Crippen LogP contribution in [0.1, 0.15) is 12.8 Å². The predicted octanol–water partition coefficient (Wildman–Crippen LogP) is -0.332. The van der Waals surface area contributed by atoms with Gasteiger partial charge in [0.25, 0.3) is 0 Å². The zero-order valence-electron chi connectivity index (χ0n) is 10.0. The lowest BCUT2D eigenvalue weighted by Gasteiger charge is -2.39. The van der Waals surface area contributed by atoms with Gasteiger partial charge in [-0.25, -0.2) is 0 Å². The number of piperidine rings is 1. The Kier molecular flexibility index (Phi) is 3.98. The first-order valence-corrected chi connectivity index (χ1v) is 6.20. The van der Waals surface area contributed by atoms with Crippen LogP contribution in [0.4, 0.5) is 0 Å². The van der Waals surface area contributed by atoms with E-state index in [0.717, 1.165) is 13.0 Å². The van der Waals surface area contributed by atoms with Gasteiger partial charge in [0.05, 0.1) is 11.8 Å². The second-order valence-electron chi connectivity index (χ2n) is 4.79. The zero-order valence-corrected chi connectivity index (χ0v) is 10.0. The summed E-state index contributed by atoms with van der Waals surface area (Å²) in [7, 11) is 0. The van der Waals surface area contributed by atoms with E-state index in [1.54, 1.807) is 12.2 Å². The van der Waals surface area contributed by atoms with Crippen LogP contribution in [0.2, 0.25) is 0 Å². The van der Waals surface area contributed by atoms with Crippen molar-refractivity contribution in [3.8, 4) is 0 Å². The van der Waals surface area contributed by atoms with Crippen molar-refractivity contribution in [1.29, 1.82) is 0 Å². The summed E-state index contributed by atoms with van der Waals surface area (Å²) in [5.41, 5.74) is 0. The summed E-state index contributed by atoms with van der Waals surface area (Å²) in [6.07, 6.45) is 4.83. The van der Waals surface area contributed by atoms with Crippen LogP contribution in [0, 0.1) is 11.8 Å². The van der Waals surface area contributed by atoms with Crippen LogP contribution < -0.4 is 10.6 Å². The largest absolute Gasteiger partial charge is 0.481 e. The van der Waals surface area contributed by atoms with Gasteiger partial charge in [-0.3, -0.25) is 9.59 Å². The highest BCUT2D eigenvalue weighted by Gasteiger charge is 2.41. The van der Waals surface area contributed by atoms with Gasteiger partial charge in [-0.1, -0.05) is 12.2 Å². The summed E-state index contributed by atoms with van der Waals surface area (Å²) < 4.78 is 0. The number of hydrogen-bond donors (Lipinski definition) is 4. The Morgan fingerprint density at radius 1 is 1.11 bits per heavy atom. The summed E-state index contributed by atoms with van der Waals surface area (Å²) in [5, 5.41) is 24.7. The number of carboxylic acid groups (broad SMARTS) is 2. The Morgan fingerprint density at radius 3 is 2.56 bits per heavy atom. The molecule has 100 valence electrons. The molecule has 4 atom stereocenters. The molecule has 0 aromatic rings. The molecule has 0 amide bonds. The summed E-state index contributed by atoms with van der Waals surface area (Å²) in [5.74, 6) is -2.96. The quantitative estimate of drug-likeness (QED) is 0.515. The fourth-order valence-electron chi connectivity index (χ4n) is 2.82. The molecular formula is C12H18N2O4. The van der Waals surface area contributed by atoms with Gasteiger partial charge in [0.15, 0.2) is 0 Å². The molecule has 0 saturated carbocycles. The van der Waals surface area contributed by atoms with Crippen LogP contribution in [-0.4, -0.2) is 47.3 Å². The Balaban J connectivity index is 2.18. The monoisotopic (exact) mass is 254 g/mol. The van der Waals surface area contributed by atoms with Gasteiger partial charge in [-0.15, -0.1) is 0 Å². The van der Waals surface area contributed by atoms with Gasteiger partial charge >= 0.3 is 11.9 Å². The molecule has 18 heavy (non-hydrogen) atoms. The van der Waals surface area contributed by atoms with Gasteiger partial charge in [-0.2, -0.15) is 0 Å². The SMILES string of the molecule is O=C(O)C1C=CCNC1C1NCCCC1C(=O)O. The molecule has 4 unspecified atom stereocenters. The maximum absolute atomic E-state index is 11.3. The van der Waals surface area contributed by atoms with Gasteiger partial charge in [0, 0.05) is 18.6 Å². The van der Waals surface area contributed by atoms with E-state index in [1.165, 1.54) is 0 Å². The van der Waals surface area contributed by atoms with Crippen LogP contribution in [0.25, 0.3) is 0 Å². The van der Waals surface area contributed by atoms with Crippen LogP contribution >= 0.6 is 0 Å². The molecule has 0 spiro atoms. The van der Waals surface area contributed by atoms with E-state index in [0.29, 0.717) is 13.0 Å². The van der Waals surface area contributed by atoms with E-state index in [9.17, 15) is 19.8 Å². The standard InChI is InChI=1S/C12H18N2O4/c15-11(16)7-3-1-5-13-9(7)10-8(12(17)18)4-2-6-14-10/h1,3,7-10,13-14H,2,4-6H2,(H,15,16)(H,17,18). The Hall–Kier alpha value is -1.40. The minimum Gasteiger partial charge on any atom is -0.481 e. The zero-order chi connectivity index (χ0) is 13.1. The van der Waals surface area contributed by atoms with E-state index in [1.807, 2.05) is 0 Å². The third-order valence-corrected chi connectivity index (χ3v) is 3.70. The molecule has 2 rings (SSSR count). The molecule has 1 fully saturated rings. The van der Waals surface area contributed by atoms with Crippen molar-refractivity contribution >= 4 is 11.9 Å². The van der Waals surface area contributed by atoms with Crippen molar-refractivity contribution in [3.05, 3.63) is 12.2 Å². The number of aliphatic carboxylic acids is 2. The number of nitrogens with one attached hydrogen (secondary N) is 2. The molecule has 0 aromatic carbocycles. The maximum Gasteiger partial charge on any atom is 0.312 e. The Bertz CT molecular complexity index is 369. The first-order valence-electron chi connectivity index (χ1n) is 6.20. The number of carboxylic acids is 2. The molecule has 0 aromatic heterocycles. The van der Waals surface area contributed by atoms with Crippen molar-refractivity contribution in [2.45, 2.75) is 24.9 Å². The second-order valence-corrected chi connectivity index (χ2v) is 4.79. The van der Waals surface area contributed by atoms with Crippen molar-refractivity contribution in [3.63, 3.8) is 0 Å². The summed E-state index contributed by atoms with van der Waals surface area (Å²) in [6.45, 7) is 1.32. The maximum atomic E-state index is 11.3. The summed E-state index contributed by atoms with van der Waals surface area (Å²) in [6, 6.07) is -0.698. The van der Waals surface area contributed by atoms with E-state index >= 15 is 0 Å². The molecule has 1 saturated heterocycles. The molecule has 0 aliphatic carbocycles. The Morgan fingerprint density at radius 2 is 1.89 bits per heavy atom. The minimum atomic E-state index is -0.917. The van der Waals surface area contributed by atoms with Crippen molar-refractivity contribution in [1.82, 2.24) is 10.6 Å². The van der Waals surface area contributed by atoms with Gasteiger partial charge in [0.1, 0.15) is 0 Å². The van der Waals surface area contributed by atoms with E-state index < -0.39 is 23.8 Å². The molecule has 0 radical (unpaired) electrons. The van der Waals surface area contributed by atoms with Gasteiger partial charge < -0.3 is 20.8 Å². The molecule has 0 bridgehead atoms. The van der Waals surface area contributed by atoms with Crippen molar-refractivity contribution < 1.29 is 19.8 Å². The number of hydrogen-bond acceptors (Lipinski definition) is 4. The molecule has 2 aliphatic rings. The summed E-state index contributed by atoms with van der Waals surface area (Å²) in [4.78, 5) is 22.5. The number of rotatable bonds is 3. The summed E-state index contributed by atoms with van der Waals surface area (Å²) >= 11 is 0. The number of carbonyl (C=O) groups is 2. The lowest BCUT2D eigenvalue weighted by molar-refractivity contribution is -0.147. The average molecular weight is 254 g/mol. The van der Waals surface area contributed by atoms with Crippen LogP contribution in [0.5, 0.6) is 0 Å². The van der Waals surface area contributed by atoms with E-state index in [4.69, 9.17) is 0 Å². The first kappa shape index (κ1) is 13.0. The average Bonchev–Trinajstić information content (AvgIpc) is 2.38. The lowest BCUT2D eigenvalue weighted by Crippen LogP contribution is -2.60. The van der Waals surface area contributed by atoms with E-state index in [-0.39, 0.29) is 12.1 Å². The molecule has 6 heteroatoms. The van der Waals surface area contributed by atoms with Crippen molar-refractivity contribution in [2.75, 3.05) is 13.1 Å². The lowest BCUT2D eigenvalue weighted by atomic mass is 9.80. The van der Waals surface area contributed by atoms with Crippen LogP contribution in [0.3, 0.4) is 0 Å². The molecule has 2 heterocycles. The fraction of sp³-hybridized carbons (Fsp3) is 0.667. The molecule has 2 aliphatic heterocycles. The fourth-order valence-corrected chi connectivity index (χ4v) is 2.82. The molecular weight excluding hydrogens is 236 g/mol. The highest BCUT2D eigenvalue weighted by atomic mass is 16.4. The first-order chi connectivity index (χ1) is 8.61. The topological polar surface area (TPSA) is 98.7 Å². The van der Waals surface area contributed by atoms with Crippen molar-refractivity contribution in [2.24, 2.45) is 11.8 Å². The third-order valence-electron chi connectivity index (χ3n) is 3.70.